The fourth-order valence-electron chi connectivity index (χ4n) is 5.00. The number of fused-ring (bicyclic) bond motifs is 2. The number of amides is 1. The molecule has 0 saturated heterocycles. The van der Waals surface area contributed by atoms with Crippen LogP contribution in [-0.4, -0.2) is 63.1 Å². The molecule has 0 aliphatic heterocycles. The lowest BCUT2D eigenvalue weighted by Gasteiger charge is -2.12. The molecule has 0 saturated carbocycles. The lowest BCUT2D eigenvalue weighted by atomic mass is 10.1. The Bertz CT molecular complexity index is 2350. The number of rotatable bonds is 10. The summed E-state index contributed by atoms with van der Waals surface area (Å²) in [5.74, 6) is 1.40. The molecule has 0 radical (unpaired) electrons. The van der Waals surface area contributed by atoms with Gasteiger partial charge in [-0.3, -0.25) is 14.4 Å². The van der Waals surface area contributed by atoms with E-state index in [2.05, 4.69) is 45.9 Å². The normalized spacial score (nSPS) is 11.1. The summed E-state index contributed by atoms with van der Waals surface area (Å²) in [5.41, 5.74) is 6.30. The van der Waals surface area contributed by atoms with Crippen LogP contribution >= 0.6 is 0 Å². The maximum atomic E-state index is 12.9. The zero-order chi connectivity index (χ0) is 37.4. The van der Waals surface area contributed by atoms with Crippen molar-refractivity contribution in [2.45, 2.75) is 19.5 Å². The molecular weight excluding hydrogens is 685 g/mol. The first kappa shape index (κ1) is 36.7. The van der Waals surface area contributed by atoms with Gasteiger partial charge in [0.1, 0.15) is 28.2 Å². The standard InChI is InChI=1S/C18H21N5O3.C16H12F3N5O2/c1-25-14-5-4-11(8-15(14)26-2)12-9-13-16(18(24)22-10-21-13)17(23-12)20-7-3-6-19;1-8(25)22-12-6-11-13(15(26)21-7-20-11)14(24-12)23-10-4-2-3-9(5-10)16(17,18)19/h4-5,8-10H,3,6-7,19H2,1-2H3,(H,20,23)(H,21,22,24);2-7H,1H3,(H,20,21,26)(H2,22,23,24,25). The van der Waals surface area contributed by atoms with Crippen LogP contribution < -0.4 is 42.3 Å². The first-order valence-corrected chi connectivity index (χ1v) is 15.6. The molecule has 4 heterocycles. The Hall–Kier alpha value is -6.56. The largest absolute Gasteiger partial charge is 0.493 e. The summed E-state index contributed by atoms with van der Waals surface area (Å²) in [6.07, 6.45) is -1.19. The van der Waals surface area contributed by atoms with Gasteiger partial charge in [0.2, 0.25) is 5.91 Å². The fourth-order valence-corrected chi connectivity index (χ4v) is 5.00. The van der Waals surface area contributed by atoms with E-state index < -0.39 is 23.2 Å². The molecule has 270 valence electrons. The van der Waals surface area contributed by atoms with Gasteiger partial charge in [-0.15, -0.1) is 0 Å². The topological polar surface area (TPSA) is 215 Å². The Labute approximate surface area is 292 Å². The van der Waals surface area contributed by atoms with Gasteiger partial charge in [-0.2, -0.15) is 13.2 Å². The van der Waals surface area contributed by atoms with Crippen molar-refractivity contribution < 1.29 is 27.4 Å². The van der Waals surface area contributed by atoms with Crippen LogP contribution in [0.4, 0.5) is 36.3 Å². The molecule has 0 spiro atoms. The zero-order valence-corrected chi connectivity index (χ0v) is 28.0. The number of halogens is 3. The van der Waals surface area contributed by atoms with E-state index in [-0.39, 0.29) is 33.8 Å². The van der Waals surface area contributed by atoms with Gasteiger partial charge in [0, 0.05) is 30.8 Å². The van der Waals surface area contributed by atoms with E-state index in [4.69, 9.17) is 15.2 Å². The molecule has 52 heavy (non-hydrogen) atoms. The molecule has 7 N–H and O–H groups in total. The van der Waals surface area contributed by atoms with Crippen LogP contribution in [0, 0.1) is 0 Å². The van der Waals surface area contributed by atoms with Gasteiger partial charge >= 0.3 is 6.18 Å². The fraction of sp³-hybridized carbons (Fsp3) is 0.206. The number of pyridine rings is 2. The summed E-state index contributed by atoms with van der Waals surface area (Å²) in [5, 5.41) is 8.81. The number of methoxy groups -OCH3 is 2. The number of H-pyrrole nitrogens is 2. The molecule has 0 fully saturated rings. The molecule has 4 aromatic heterocycles. The summed E-state index contributed by atoms with van der Waals surface area (Å²) in [6.45, 7) is 2.44. The summed E-state index contributed by atoms with van der Waals surface area (Å²) in [6, 6.07) is 13.2. The number of hydrogen-bond donors (Lipinski definition) is 6. The van der Waals surface area contributed by atoms with Crippen molar-refractivity contribution in [3.05, 3.63) is 93.5 Å². The van der Waals surface area contributed by atoms with Crippen molar-refractivity contribution in [3.8, 4) is 22.8 Å². The second-order valence-electron chi connectivity index (χ2n) is 11.0. The van der Waals surface area contributed by atoms with Crippen LogP contribution in [-0.2, 0) is 11.0 Å². The van der Waals surface area contributed by atoms with Crippen molar-refractivity contribution in [1.82, 2.24) is 29.9 Å². The van der Waals surface area contributed by atoms with Crippen LogP contribution in [0.25, 0.3) is 33.1 Å². The average molecular weight is 719 g/mol. The van der Waals surface area contributed by atoms with Crippen LogP contribution in [0.1, 0.15) is 18.9 Å². The number of hydrogen-bond acceptors (Lipinski definition) is 12. The van der Waals surface area contributed by atoms with E-state index in [1.54, 1.807) is 20.3 Å². The maximum Gasteiger partial charge on any atom is 0.416 e. The molecule has 6 rings (SSSR count). The molecule has 15 nitrogen and oxygen atoms in total. The van der Waals surface area contributed by atoms with Crippen LogP contribution in [0.15, 0.2) is 76.8 Å². The third kappa shape index (κ3) is 8.59. The predicted octanol–water partition coefficient (Wildman–Crippen LogP) is 4.80. The summed E-state index contributed by atoms with van der Waals surface area (Å²) < 4.78 is 49.3. The minimum absolute atomic E-state index is 0.0278. The SMILES string of the molecule is CC(=O)Nc1cc2nc[nH]c(=O)c2c(Nc2cccc(C(F)(F)F)c2)n1.COc1ccc(-c2cc3nc[nH]c(=O)c3c(NCCCN)n2)cc1OC. The third-order valence-electron chi connectivity index (χ3n) is 7.36. The highest BCUT2D eigenvalue weighted by molar-refractivity contribution is 5.95. The van der Waals surface area contributed by atoms with Gasteiger partial charge in [0.05, 0.1) is 49.2 Å². The highest BCUT2D eigenvalue weighted by Gasteiger charge is 2.30. The second kappa shape index (κ2) is 16.0. The van der Waals surface area contributed by atoms with Crippen LogP contribution in [0.3, 0.4) is 0 Å². The third-order valence-corrected chi connectivity index (χ3v) is 7.36. The monoisotopic (exact) mass is 718 g/mol. The number of nitrogens with zero attached hydrogens (tertiary/aromatic N) is 4. The van der Waals surface area contributed by atoms with Crippen molar-refractivity contribution in [3.63, 3.8) is 0 Å². The summed E-state index contributed by atoms with van der Waals surface area (Å²) in [4.78, 5) is 57.6. The van der Waals surface area contributed by atoms with E-state index in [1.807, 2.05) is 18.2 Å². The summed E-state index contributed by atoms with van der Waals surface area (Å²) in [7, 11) is 3.16. The number of benzene rings is 2. The van der Waals surface area contributed by atoms with Crippen molar-refractivity contribution in [2.24, 2.45) is 5.73 Å². The first-order valence-electron chi connectivity index (χ1n) is 15.6. The lowest BCUT2D eigenvalue weighted by Crippen LogP contribution is -2.14. The Morgan fingerprint density at radius 3 is 2.17 bits per heavy atom. The quantitative estimate of drug-likeness (QED) is 0.105. The molecule has 0 aliphatic carbocycles. The average Bonchev–Trinajstić information content (AvgIpc) is 3.11. The molecular formula is C34H33F3N10O5. The molecule has 2 aromatic carbocycles. The number of nitrogens with two attached hydrogens (primary N) is 1. The molecule has 18 heteroatoms. The minimum Gasteiger partial charge on any atom is -0.493 e. The van der Waals surface area contributed by atoms with E-state index >= 15 is 0 Å². The van der Waals surface area contributed by atoms with E-state index in [0.29, 0.717) is 47.0 Å². The molecule has 0 bridgehead atoms. The molecule has 1 amide bonds. The number of ether oxygens (including phenoxy) is 2. The molecule has 6 aromatic rings. The maximum absolute atomic E-state index is 12.9. The van der Waals surface area contributed by atoms with E-state index in [1.165, 1.54) is 37.8 Å². The van der Waals surface area contributed by atoms with Crippen LogP contribution in [0.5, 0.6) is 11.5 Å². The van der Waals surface area contributed by atoms with Gasteiger partial charge in [0.15, 0.2) is 11.5 Å². The molecule has 0 aliphatic rings. The molecule has 0 atom stereocenters. The number of aromatic amines is 2. The van der Waals surface area contributed by atoms with Crippen molar-refractivity contribution >= 4 is 50.9 Å². The van der Waals surface area contributed by atoms with Crippen molar-refractivity contribution in [2.75, 3.05) is 43.3 Å². The van der Waals surface area contributed by atoms with Gasteiger partial charge in [-0.05, 0) is 55.4 Å². The number of carbonyl (C=O) groups excluding carboxylic acids is 1. The first-order chi connectivity index (χ1) is 24.9. The minimum atomic E-state index is -4.51. The Morgan fingerprint density at radius 1 is 0.865 bits per heavy atom. The molecule has 0 unspecified atom stereocenters. The van der Waals surface area contributed by atoms with E-state index in [9.17, 15) is 27.6 Å². The lowest BCUT2D eigenvalue weighted by molar-refractivity contribution is -0.137. The van der Waals surface area contributed by atoms with Gasteiger partial charge in [-0.1, -0.05) is 6.07 Å². The number of anilines is 4. The highest BCUT2D eigenvalue weighted by Crippen LogP contribution is 2.34. The Morgan fingerprint density at radius 2 is 1.54 bits per heavy atom. The van der Waals surface area contributed by atoms with Crippen LogP contribution in [0.2, 0.25) is 0 Å². The number of nitrogens with one attached hydrogen (secondary N) is 5. The Balaban J connectivity index is 0.000000201. The van der Waals surface area contributed by atoms with Gasteiger partial charge in [-0.25, -0.2) is 19.9 Å². The number of aromatic nitrogens is 6. The van der Waals surface area contributed by atoms with Gasteiger partial charge < -0.3 is 41.1 Å². The van der Waals surface area contributed by atoms with Gasteiger partial charge in [0.25, 0.3) is 11.1 Å². The smallest absolute Gasteiger partial charge is 0.416 e. The number of carbonyl (C=O) groups is 1. The predicted molar refractivity (Wildman–Crippen MR) is 190 cm³/mol. The number of alkyl halides is 3. The zero-order valence-electron chi connectivity index (χ0n) is 28.0. The summed E-state index contributed by atoms with van der Waals surface area (Å²) >= 11 is 0. The van der Waals surface area contributed by atoms with E-state index in [0.717, 1.165) is 24.1 Å². The van der Waals surface area contributed by atoms with Crippen molar-refractivity contribution in [1.29, 1.82) is 0 Å². The highest BCUT2D eigenvalue weighted by atomic mass is 19.4. The second-order valence-corrected chi connectivity index (χ2v) is 11.0. The Kier molecular flexibility index (Phi) is 11.3.